The van der Waals surface area contributed by atoms with Crippen LogP contribution in [0.5, 0.6) is 0 Å². The summed E-state index contributed by atoms with van der Waals surface area (Å²) < 4.78 is 0. The Hall–Kier alpha value is -0.160. The molecule has 0 bridgehead atoms. The Morgan fingerprint density at radius 2 is 1.27 bits per heavy atom. The summed E-state index contributed by atoms with van der Waals surface area (Å²) in [4.78, 5) is 0. The van der Waals surface area contributed by atoms with Gasteiger partial charge in [-0.15, -0.1) is 0 Å². The van der Waals surface area contributed by atoms with E-state index in [1.165, 1.54) is 0 Å². The summed E-state index contributed by atoms with van der Waals surface area (Å²) in [6.07, 6.45) is 1.77. The van der Waals surface area contributed by atoms with Gasteiger partial charge in [0.05, 0.1) is 6.67 Å². The second kappa shape index (κ2) is 6.54. The van der Waals surface area contributed by atoms with E-state index in [1.807, 2.05) is 13.8 Å². The molecule has 0 aliphatic rings. The molecule has 4 nitrogen and oxygen atoms in total. The number of hydroxylamine groups is 4. The first-order valence-corrected chi connectivity index (χ1v) is 4.08. The van der Waals surface area contributed by atoms with E-state index in [4.69, 9.17) is 10.4 Å². The highest BCUT2D eigenvalue weighted by molar-refractivity contribution is 4.41. The fourth-order valence-electron chi connectivity index (χ4n) is 0.846. The third kappa shape index (κ3) is 6.25. The zero-order chi connectivity index (χ0) is 8.69. The van der Waals surface area contributed by atoms with Crippen LogP contribution in [0.1, 0.15) is 26.7 Å². The lowest BCUT2D eigenvalue weighted by molar-refractivity contribution is -0.204. The van der Waals surface area contributed by atoms with Crippen molar-refractivity contribution >= 4 is 0 Å². The maximum absolute atomic E-state index is 9.08. The summed E-state index contributed by atoms with van der Waals surface area (Å²) in [6.45, 7) is 5.36. The molecule has 2 N–H and O–H groups in total. The van der Waals surface area contributed by atoms with Crippen molar-refractivity contribution in [3.63, 3.8) is 0 Å². The molecular weight excluding hydrogens is 144 g/mol. The van der Waals surface area contributed by atoms with E-state index in [-0.39, 0.29) is 6.67 Å². The van der Waals surface area contributed by atoms with E-state index in [2.05, 4.69) is 0 Å². The molecule has 0 aromatic heterocycles. The minimum Gasteiger partial charge on any atom is -0.313 e. The predicted molar refractivity (Wildman–Crippen MR) is 42.4 cm³/mol. The normalized spacial score (nSPS) is 11.5. The molecule has 11 heavy (non-hydrogen) atoms. The lowest BCUT2D eigenvalue weighted by atomic mass is 10.5. The van der Waals surface area contributed by atoms with E-state index < -0.39 is 0 Å². The molecule has 0 rings (SSSR count). The first kappa shape index (κ1) is 10.8. The molecule has 0 heterocycles. The van der Waals surface area contributed by atoms with Crippen molar-refractivity contribution in [1.29, 1.82) is 0 Å². The zero-order valence-corrected chi connectivity index (χ0v) is 7.32. The summed E-state index contributed by atoms with van der Waals surface area (Å²) in [5.41, 5.74) is 0. The number of rotatable bonds is 6. The van der Waals surface area contributed by atoms with Crippen molar-refractivity contribution in [2.24, 2.45) is 0 Å². The Morgan fingerprint density at radius 1 is 0.909 bits per heavy atom. The lowest BCUT2D eigenvalue weighted by Gasteiger charge is -2.19. The fourth-order valence-corrected chi connectivity index (χ4v) is 0.846. The zero-order valence-electron chi connectivity index (χ0n) is 7.32. The van der Waals surface area contributed by atoms with Gasteiger partial charge in [-0.3, -0.25) is 0 Å². The van der Waals surface area contributed by atoms with Gasteiger partial charge >= 0.3 is 0 Å². The third-order valence-corrected chi connectivity index (χ3v) is 1.29. The molecule has 0 atom stereocenters. The van der Waals surface area contributed by atoms with Gasteiger partial charge < -0.3 is 10.4 Å². The quantitative estimate of drug-likeness (QED) is 0.454. The van der Waals surface area contributed by atoms with Crippen molar-refractivity contribution in [3.05, 3.63) is 0 Å². The molecule has 0 aliphatic heterocycles. The Balaban J connectivity index is 3.32. The van der Waals surface area contributed by atoms with Gasteiger partial charge in [0.1, 0.15) is 0 Å². The topological polar surface area (TPSA) is 46.9 Å². The van der Waals surface area contributed by atoms with Gasteiger partial charge in [-0.1, -0.05) is 13.8 Å². The van der Waals surface area contributed by atoms with Gasteiger partial charge in [-0.2, -0.15) is 10.1 Å². The smallest absolute Gasteiger partial charge is 0.0994 e. The van der Waals surface area contributed by atoms with Gasteiger partial charge in [0.25, 0.3) is 0 Å². The number of hydrogen-bond donors (Lipinski definition) is 2. The highest BCUT2D eigenvalue weighted by atomic mass is 16.5. The molecule has 0 unspecified atom stereocenters. The van der Waals surface area contributed by atoms with Crippen molar-refractivity contribution < 1.29 is 10.4 Å². The van der Waals surface area contributed by atoms with Crippen LogP contribution in [0.2, 0.25) is 0 Å². The molecule has 0 aromatic carbocycles. The molecular formula is C7H18N2O2. The van der Waals surface area contributed by atoms with Crippen LogP contribution >= 0.6 is 0 Å². The Morgan fingerprint density at radius 3 is 1.55 bits per heavy atom. The van der Waals surface area contributed by atoms with Crippen molar-refractivity contribution in [2.45, 2.75) is 26.7 Å². The summed E-state index contributed by atoms with van der Waals surface area (Å²) in [7, 11) is 0. The van der Waals surface area contributed by atoms with E-state index in [9.17, 15) is 0 Å². The summed E-state index contributed by atoms with van der Waals surface area (Å²) in [5, 5.41) is 20.4. The summed E-state index contributed by atoms with van der Waals surface area (Å²) in [6, 6.07) is 0. The first-order valence-electron chi connectivity index (χ1n) is 4.08. The largest absolute Gasteiger partial charge is 0.313 e. The van der Waals surface area contributed by atoms with Crippen LogP contribution in [-0.4, -0.2) is 40.3 Å². The van der Waals surface area contributed by atoms with Crippen LogP contribution in [0.3, 0.4) is 0 Å². The van der Waals surface area contributed by atoms with E-state index in [1.54, 1.807) is 0 Å². The Kier molecular flexibility index (Phi) is 6.45. The minimum atomic E-state index is 0.210. The second-order valence-corrected chi connectivity index (χ2v) is 2.60. The fraction of sp³-hybridized carbons (Fsp3) is 1.00. The highest BCUT2D eigenvalue weighted by Gasteiger charge is 2.03. The number of nitrogens with zero attached hydrogens (tertiary/aromatic N) is 2. The lowest BCUT2D eigenvalue weighted by Crippen LogP contribution is -2.34. The van der Waals surface area contributed by atoms with Gasteiger partial charge in [0.2, 0.25) is 0 Å². The van der Waals surface area contributed by atoms with Gasteiger partial charge in [0.15, 0.2) is 0 Å². The van der Waals surface area contributed by atoms with E-state index in [0.717, 1.165) is 23.0 Å². The highest BCUT2D eigenvalue weighted by Crippen LogP contribution is 1.90. The Labute approximate surface area is 67.9 Å². The van der Waals surface area contributed by atoms with E-state index >= 15 is 0 Å². The molecule has 0 aliphatic carbocycles. The first-order chi connectivity index (χ1) is 5.20. The molecule has 0 saturated heterocycles. The van der Waals surface area contributed by atoms with Gasteiger partial charge in [-0.25, -0.2) is 0 Å². The molecule has 0 fully saturated rings. The third-order valence-electron chi connectivity index (χ3n) is 1.29. The van der Waals surface area contributed by atoms with Gasteiger partial charge in [0, 0.05) is 13.1 Å². The monoisotopic (exact) mass is 162 g/mol. The van der Waals surface area contributed by atoms with Crippen molar-refractivity contribution in [2.75, 3.05) is 19.8 Å². The maximum Gasteiger partial charge on any atom is 0.0994 e. The van der Waals surface area contributed by atoms with Crippen LogP contribution in [-0.2, 0) is 0 Å². The van der Waals surface area contributed by atoms with Crippen molar-refractivity contribution in [1.82, 2.24) is 10.1 Å². The maximum atomic E-state index is 9.08. The molecule has 4 heteroatoms. The SMILES string of the molecule is CCCN(O)CN(O)CCC. The van der Waals surface area contributed by atoms with Crippen LogP contribution in [0.25, 0.3) is 0 Å². The van der Waals surface area contributed by atoms with Crippen LogP contribution < -0.4 is 0 Å². The summed E-state index contributed by atoms with van der Waals surface area (Å²) in [5.74, 6) is 0. The average Bonchev–Trinajstić information content (AvgIpc) is 1.87. The molecule has 0 saturated carbocycles. The molecule has 0 spiro atoms. The predicted octanol–water partition coefficient (Wildman–Crippen LogP) is 1.15. The van der Waals surface area contributed by atoms with E-state index in [0.29, 0.717) is 13.1 Å². The average molecular weight is 162 g/mol. The van der Waals surface area contributed by atoms with Gasteiger partial charge in [-0.05, 0) is 12.8 Å². The van der Waals surface area contributed by atoms with Crippen molar-refractivity contribution in [3.8, 4) is 0 Å². The molecule has 68 valence electrons. The van der Waals surface area contributed by atoms with Crippen LogP contribution in [0.4, 0.5) is 0 Å². The molecule has 0 radical (unpaired) electrons. The number of hydrogen-bond acceptors (Lipinski definition) is 4. The Bertz CT molecular complexity index is 80.5. The molecule has 0 amide bonds. The molecule has 0 aromatic rings. The summed E-state index contributed by atoms with van der Waals surface area (Å²) >= 11 is 0. The van der Waals surface area contributed by atoms with Crippen LogP contribution in [0, 0.1) is 0 Å². The standard InChI is InChI=1S/C7H18N2O2/c1-3-5-8(10)7-9(11)6-4-2/h10-11H,3-7H2,1-2H3. The minimum absolute atomic E-state index is 0.210. The van der Waals surface area contributed by atoms with Crippen LogP contribution in [0.15, 0.2) is 0 Å². The second-order valence-electron chi connectivity index (χ2n) is 2.60.